The molecule has 0 saturated heterocycles. The van der Waals surface area contributed by atoms with Crippen LogP contribution in [0.15, 0.2) is 28.7 Å². The van der Waals surface area contributed by atoms with Crippen molar-refractivity contribution in [3.63, 3.8) is 0 Å². The Bertz CT molecular complexity index is 398. The predicted molar refractivity (Wildman–Crippen MR) is 73.9 cm³/mol. The summed E-state index contributed by atoms with van der Waals surface area (Å²) in [6.07, 6.45) is 0. The van der Waals surface area contributed by atoms with Crippen LogP contribution in [-0.4, -0.2) is 42.7 Å². The topological polar surface area (TPSA) is 49.8 Å². The number of carbonyl (C=O) groups is 1. The van der Waals surface area contributed by atoms with Crippen molar-refractivity contribution >= 4 is 21.9 Å². The molecule has 1 atom stereocenters. The number of hydrogen-bond acceptors (Lipinski definition) is 3. The minimum absolute atomic E-state index is 0.360. The SMILES string of the molecule is CC(CN(C)CCOc1cccc(Br)c1)C(=O)O. The number of ether oxygens (including phenoxy) is 1. The van der Waals surface area contributed by atoms with Crippen LogP contribution in [0.1, 0.15) is 6.92 Å². The highest BCUT2D eigenvalue weighted by molar-refractivity contribution is 9.10. The Morgan fingerprint density at radius 2 is 2.28 bits per heavy atom. The molecule has 0 aliphatic rings. The van der Waals surface area contributed by atoms with Crippen LogP contribution in [0, 0.1) is 5.92 Å². The lowest BCUT2D eigenvalue weighted by atomic mass is 10.2. The monoisotopic (exact) mass is 315 g/mol. The largest absolute Gasteiger partial charge is 0.492 e. The van der Waals surface area contributed by atoms with Crippen molar-refractivity contribution in [2.75, 3.05) is 26.7 Å². The molecule has 0 saturated carbocycles. The lowest BCUT2D eigenvalue weighted by Crippen LogP contribution is -2.31. The molecule has 0 bridgehead atoms. The first-order valence-corrected chi connectivity index (χ1v) is 6.58. The average Bonchev–Trinajstić information content (AvgIpc) is 2.28. The zero-order valence-electron chi connectivity index (χ0n) is 10.6. The van der Waals surface area contributed by atoms with E-state index in [0.29, 0.717) is 19.7 Å². The van der Waals surface area contributed by atoms with Gasteiger partial charge in [-0.15, -0.1) is 0 Å². The van der Waals surface area contributed by atoms with Crippen LogP contribution in [0.3, 0.4) is 0 Å². The normalized spacial score (nSPS) is 12.4. The van der Waals surface area contributed by atoms with E-state index in [0.717, 1.165) is 10.2 Å². The Labute approximate surface area is 116 Å². The zero-order chi connectivity index (χ0) is 13.5. The number of carboxylic acids is 1. The van der Waals surface area contributed by atoms with Gasteiger partial charge in [0.25, 0.3) is 0 Å². The third kappa shape index (κ3) is 5.51. The third-order valence-corrected chi connectivity index (χ3v) is 3.04. The highest BCUT2D eigenvalue weighted by Gasteiger charge is 2.13. The van der Waals surface area contributed by atoms with Gasteiger partial charge in [0.1, 0.15) is 12.4 Å². The summed E-state index contributed by atoms with van der Waals surface area (Å²) in [5.41, 5.74) is 0. The van der Waals surface area contributed by atoms with Gasteiger partial charge in [-0.1, -0.05) is 28.9 Å². The first kappa shape index (κ1) is 15.0. The van der Waals surface area contributed by atoms with Crippen LogP contribution in [0.2, 0.25) is 0 Å². The summed E-state index contributed by atoms with van der Waals surface area (Å²) in [5, 5.41) is 8.80. The van der Waals surface area contributed by atoms with Crippen LogP contribution < -0.4 is 4.74 Å². The van der Waals surface area contributed by atoms with E-state index in [9.17, 15) is 4.79 Å². The van der Waals surface area contributed by atoms with Gasteiger partial charge in [0.15, 0.2) is 0 Å². The van der Waals surface area contributed by atoms with E-state index in [4.69, 9.17) is 9.84 Å². The zero-order valence-corrected chi connectivity index (χ0v) is 12.2. The Balaban J connectivity index is 2.27. The van der Waals surface area contributed by atoms with Crippen molar-refractivity contribution in [2.24, 2.45) is 5.92 Å². The summed E-state index contributed by atoms with van der Waals surface area (Å²) >= 11 is 3.38. The smallest absolute Gasteiger partial charge is 0.307 e. The molecule has 0 aromatic heterocycles. The second kappa shape index (κ2) is 7.38. The summed E-state index contributed by atoms with van der Waals surface area (Å²) in [6, 6.07) is 7.65. The third-order valence-electron chi connectivity index (χ3n) is 2.54. The molecule has 0 aliphatic carbocycles. The number of rotatable bonds is 7. The highest BCUT2D eigenvalue weighted by atomic mass is 79.9. The molecule has 5 heteroatoms. The molecule has 1 rings (SSSR count). The van der Waals surface area contributed by atoms with E-state index in [2.05, 4.69) is 15.9 Å². The van der Waals surface area contributed by atoms with Crippen LogP contribution in [0.25, 0.3) is 0 Å². The number of carboxylic acid groups (broad SMARTS) is 1. The number of halogens is 1. The van der Waals surface area contributed by atoms with E-state index in [1.165, 1.54) is 0 Å². The van der Waals surface area contributed by atoms with Gasteiger partial charge in [0, 0.05) is 17.6 Å². The molecule has 1 N–H and O–H groups in total. The van der Waals surface area contributed by atoms with E-state index in [1.807, 2.05) is 36.2 Å². The fourth-order valence-electron chi connectivity index (χ4n) is 1.51. The number of nitrogens with zero attached hydrogens (tertiary/aromatic N) is 1. The van der Waals surface area contributed by atoms with Crippen molar-refractivity contribution in [3.05, 3.63) is 28.7 Å². The maximum Gasteiger partial charge on any atom is 0.307 e. The summed E-state index contributed by atoms with van der Waals surface area (Å²) in [5.74, 6) is -0.320. The minimum atomic E-state index is -0.769. The molecular formula is C13H18BrNO3. The van der Waals surface area contributed by atoms with Gasteiger partial charge in [0.2, 0.25) is 0 Å². The fraction of sp³-hybridized carbons (Fsp3) is 0.462. The Kier molecular flexibility index (Phi) is 6.15. The molecule has 0 spiro atoms. The number of hydrogen-bond donors (Lipinski definition) is 1. The van der Waals surface area contributed by atoms with Crippen LogP contribution in [0.5, 0.6) is 5.75 Å². The summed E-state index contributed by atoms with van der Waals surface area (Å²) in [6.45, 7) is 3.47. The Morgan fingerprint density at radius 3 is 2.89 bits per heavy atom. The highest BCUT2D eigenvalue weighted by Crippen LogP contribution is 2.17. The molecule has 0 heterocycles. The fourth-order valence-corrected chi connectivity index (χ4v) is 1.89. The molecule has 100 valence electrons. The standard InChI is InChI=1S/C13H18BrNO3/c1-10(13(16)17)9-15(2)6-7-18-12-5-3-4-11(14)8-12/h3-5,8,10H,6-7,9H2,1-2H3,(H,16,17). The number of benzene rings is 1. The van der Waals surface area contributed by atoms with E-state index in [-0.39, 0.29) is 5.92 Å². The second-order valence-corrected chi connectivity index (χ2v) is 5.22. The molecule has 0 radical (unpaired) electrons. The predicted octanol–water partition coefficient (Wildman–Crippen LogP) is 2.48. The molecule has 18 heavy (non-hydrogen) atoms. The van der Waals surface area contributed by atoms with Gasteiger partial charge in [0.05, 0.1) is 5.92 Å². The van der Waals surface area contributed by atoms with Crippen LogP contribution >= 0.6 is 15.9 Å². The van der Waals surface area contributed by atoms with Crippen LogP contribution in [-0.2, 0) is 4.79 Å². The molecule has 0 amide bonds. The van der Waals surface area contributed by atoms with Crippen molar-refractivity contribution in [3.8, 4) is 5.75 Å². The van der Waals surface area contributed by atoms with E-state index in [1.54, 1.807) is 6.92 Å². The van der Waals surface area contributed by atoms with Crippen molar-refractivity contribution < 1.29 is 14.6 Å². The summed E-state index contributed by atoms with van der Waals surface area (Å²) < 4.78 is 6.56. The van der Waals surface area contributed by atoms with Gasteiger partial charge in [-0.2, -0.15) is 0 Å². The van der Waals surface area contributed by atoms with Gasteiger partial charge in [-0.05, 0) is 25.2 Å². The van der Waals surface area contributed by atoms with Crippen molar-refractivity contribution in [1.29, 1.82) is 0 Å². The molecule has 0 aliphatic heterocycles. The van der Waals surface area contributed by atoms with E-state index < -0.39 is 5.97 Å². The molecular weight excluding hydrogens is 298 g/mol. The molecule has 4 nitrogen and oxygen atoms in total. The molecule has 0 fully saturated rings. The Hall–Kier alpha value is -1.07. The first-order valence-electron chi connectivity index (χ1n) is 5.78. The second-order valence-electron chi connectivity index (χ2n) is 4.31. The summed E-state index contributed by atoms with van der Waals surface area (Å²) in [7, 11) is 1.89. The minimum Gasteiger partial charge on any atom is -0.492 e. The van der Waals surface area contributed by atoms with E-state index >= 15 is 0 Å². The molecule has 1 aromatic carbocycles. The maximum atomic E-state index is 10.7. The average molecular weight is 316 g/mol. The van der Waals surface area contributed by atoms with Gasteiger partial charge in [-0.3, -0.25) is 4.79 Å². The number of likely N-dealkylation sites (N-methyl/N-ethyl adjacent to an activating group) is 1. The van der Waals surface area contributed by atoms with Crippen LogP contribution in [0.4, 0.5) is 0 Å². The molecule has 1 aromatic rings. The van der Waals surface area contributed by atoms with Gasteiger partial charge >= 0.3 is 5.97 Å². The van der Waals surface area contributed by atoms with Gasteiger partial charge < -0.3 is 14.7 Å². The lowest BCUT2D eigenvalue weighted by molar-refractivity contribution is -0.141. The quantitative estimate of drug-likeness (QED) is 0.840. The number of aliphatic carboxylic acids is 1. The van der Waals surface area contributed by atoms with Gasteiger partial charge in [-0.25, -0.2) is 0 Å². The van der Waals surface area contributed by atoms with Crippen molar-refractivity contribution in [2.45, 2.75) is 6.92 Å². The maximum absolute atomic E-state index is 10.7. The lowest BCUT2D eigenvalue weighted by Gasteiger charge is -2.19. The molecule has 1 unspecified atom stereocenters. The summed E-state index contributed by atoms with van der Waals surface area (Å²) in [4.78, 5) is 12.7. The Morgan fingerprint density at radius 1 is 1.56 bits per heavy atom. The first-order chi connectivity index (χ1) is 8.49. The van der Waals surface area contributed by atoms with Crippen molar-refractivity contribution in [1.82, 2.24) is 4.90 Å².